The van der Waals surface area contributed by atoms with Gasteiger partial charge in [0.05, 0.1) is 25.9 Å². The van der Waals surface area contributed by atoms with Crippen molar-refractivity contribution in [2.75, 3.05) is 59.1 Å². The number of hydrogen-bond donors (Lipinski definition) is 4. The van der Waals surface area contributed by atoms with Gasteiger partial charge in [0.15, 0.2) is 0 Å². The number of nitrogens with one attached hydrogen (secondary N) is 4. The number of carbonyl (C=O) groups excluding carboxylic acids is 2. The topological polar surface area (TPSA) is 113 Å². The van der Waals surface area contributed by atoms with Crippen LogP contribution < -0.4 is 21.3 Å². The molecule has 0 spiro atoms. The third-order valence-corrected chi connectivity index (χ3v) is 8.75. The van der Waals surface area contributed by atoms with Crippen LogP contribution in [0.2, 0.25) is 0 Å². The van der Waals surface area contributed by atoms with E-state index in [1.807, 2.05) is 20.8 Å². The van der Waals surface area contributed by atoms with E-state index < -0.39 is 5.60 Å². The molecule has 0 aromatic heterocycles. The lowest BCUT2D eigenvalue weighted by Gasteiger charge is -2.40. The third-order valence-electron chi connectivity index (χ3n) is 8.75. The van der Waals surface area contributed by atoms with E-state index in [2.05, 4.69) is 26.2 Å². The normalized spacial score (nSPS) is 32.9. The first-order valence-electron chi connectivity index (χ1n) is 15.4. The fourth-order valence-electron chi connectivity index (χ4n) is 6.47. The summed E-state index contributed by atoms with van der Waals surface area (Å²) in [5.41, 5.74) is -0.534. The number of morpholine rings is 1. The molecule has 224 valence electrons. The number of amides is 1. The Hall–Kier alpha value is -1.30. The van der Waals surface area contributed by atoms with Gasteiger partial charge in [-0.25, -0.2) is 0 Å². The number of carbonyl (C=O) groups is 2. The molecule has 2 heterocycles. The fraction of sp³-hybridized carbons (Fsp3) is 0.931. The number of hydrogen-bond acceptors (Lipinski definition) is 9. The highest BCUT2D eigenvalue weighted by Gasteiger charge is 2.34. The molecule has 0 aromatic carbocycles. The Morgan fingerprint density at radius 1 is 0.923 bits per heavy atom. The van der Waals surface area contributed by atoms with Crippen molar-refractivity contribution in [3.8, 4) is 0 Å². The zero-order valence-electron chi connectivity index (χ0n) is 24.5. The van der Waals surface area contributed by atoms with E-state index in [1.165, 1.54) is 0 Å². The SMILES string of the molecule is CC(C)(C)OC(=O)CNC(=O)C1CCC(C2CNC(NC3CCC(OCCN4CCOCC4)CC3)NC2)CC1. The molecule has 4 aliphatic rings. The molecule has 10 nitrogen and oxygen atoms in total. The Balaban J connectivity index is 1.04. The van der Waals surface area contributed by atoms with Crippen LogP contribution in [0.15, 0.2) is 0 Å². The Labute approximate surface area is 235 Å². The maximum Gasteiger partial charge on any atom is 0.325 e. The highest BCUT2D eigenvalue weighted by molar-refractivity contribution is 5.83. The molecule has 0 bridgehead atoms. The van der Waals surface area contributed by atoms with E-state index >= 15 is 0 Å². The van der Waals surface area contributed by atoms with E-state index in [4.69, 9.17) is 14.2 Å². The van der Waals surface area contributed by atoms with Gasteiger partial charge in [-0.1, -0.05) is 0 Å². The lowest BCUT2D eigenvalue weighted by molar-refractivity contribution is -0.154. The monoisotopic (exact) mass is 551 g/mol. The summed E-state index contributed by atoms with van der Waals surface area (Å²) in [6, 6.07) is 0.528. The Kier molecular flexibility index (Phi) is 11.8. The largest absolute Gasteiger partial charge is 0.459 e. The lowest BCUT2D eigenvalue weighted by Crippen LogP contribution is -2.63. The molecular formula is C29H53N5O5. The van der Waals surface area contributed by atoms with Crippen molar-refractivity contribution in [2.24, 2.45) is 17.8 Å². The van der Waals surface area contributed by atoms with Crippen LogP contribution in [0.5, 0.6) is 0 Å². The summed E-state index contributed by atoms with van der Waals surface area (Å²) >= 11 is 0. The van der Waals surface area contributed by atoms with Crippen LogP contribution in [0.1, 0.15) is 72.1 Å². The lowest BCUT2D eigenvalue weighted by atomic mass is 9.75. The average Bonchev–Trinajstić information content (AvgIpc) is 2.93. The van der Waals surface area contributed by atoms with Crippen molar-refractivity contribution in [2.45, 2.75) is 96.2 Å². The van der Waals surface area contributed by atoms with Crippen molar-refractivity contribution in [1.29, 1.82) is 0 Å². The highest BCUT2D eigenvalue weighted by Crippen LogP contribution is 2.34. The molecule has 2 saturated carbocycles. The second-order valence-corrected chi connectivity index (χ2v) is 12.9. The molecule has 0 atom stereocenters. The molecule has 39 heavy (non-hydrogen) atoms. The number of esters is 1. The molecule has 2 aliphatic carbocycles. The van der Waals surface area contributed by atoms with Gasteiger partial charge in [0.2, 0.25) is 5.91 Å². The van der Waals surface area contributed by atoms with Gasteiger partial charge in [-0.05, 0) is 84.0 Å². The van der Waals surface area contributed by atoms with E-state index in [0.29, 0.717) is 24.0 Å². The summed E-state index contributed by atoms with van der Waals surface area (Å²) < 4.78 is 16.9. The van der Waals surface area contributed by atoms with E-state index in [9.17, 15) is 9.59 Å². The van der Waals surface area contributed by atoms with Gasteiger partial charge < -0.3 is 19.5 Å². The molecule has 4 fully saturated rings. The van der Waals surface area contributed by atoms with Crippen molar-refractivity contribution < 1.29 is 23.8 Å². The second kappa shape index (κ2) is 15.1. The first kappa shape index (κ1) is 30.7. The van der Waals surface area contributed by atoms with Gasteiger partial charge in [0.25, 0.3) is 0 Å². The number of ether oxygens (including phenoxy) is 3. The molecule has 0 radical (unpaired) electrons. The van der Waals surface area contributed by atoms with Gasteiger partial charge in [-0.15, -0.1) is 0 Å². The summed E-state index contributed by atoms with van der Waals surface area (Å²) in [7, 11) is 0. The first-order valence-corrected chi connectivity index (χ1v) is 15.4. The van der Waals surface area contributed by atoms with Gasteiger partial charge in [-0.3, -0.25) is 30.4 Å². The molecule has 0 unspecified atom stereocenters. The summed E-state index contributed by atoms with van der Waals surface area (Å²) in [6.07, 6.45) is 9.04. The molecule has 2 aliphatic heterocycles. The predicted octanol–water partition coefficient (Wildman–Crippen LogP) is 1.59. The maximum absolute atomic E-state index is 12.6. The minimum Gasteiger partial charge on any atom is -0.459 e. The van der Waals surface area contributed by atoms with Crippen LogP contribution in [0, 0.1) is 17.8 Å². The molecular weight excluding hydrogens is 498 g/mol. The van der Waals surface area contributed by atoms with Crippen molar-refractivity contribution in [3.05, 3.63) is 0 Å². The molecule has 0 aromatic rings. The Bertz CT molecular complexity index is 748. The van der Waals surface area contributed by atoms with Gasteiger partial charge in [-0.2, -0.15) is 0 Å². The molecule has 2 saturated heterocycles. The van der Waals surface area contributed by atoms with Crippen LogP contribution in [0.3, 0.4) is 0 Å². The van der Waals surface area contributed by atoms with E-state index in [-0.39, 0.29) is 30.6 Å². The fourth-order valence-corrected chi connectivity index (χ4v) is 6.47. The summed E-state index contributed by atoms with van der Waals surface area (Å²) in [5.74, 6) is 0.824. The van der Waals surface area contributed by atoms with Gasteiger partial charge >= 0.3 is 5.97 Å². The number of nitrogens with zero attached hydrogens (tertiary/aromatic N) is 1. The van der Waals surface area contributed by atoms with Crippen molar-refractivity contribution in [3.63, 3.8) is 0 Å². The van der Waals surface area contributed by atoms with E-state index in [0.717, 1.165) is 104 Å². The van der Waals surface area contributed by atoms with Crippen LogP contribution in [-0.2, 0) is 23.8 Å². The predicted molar refractivity (Wildman–Crippen MR) is 150 cm³/mol. The Morgan fingerprint density at radius 2 is 1.59 bits per heavy atom. The third kappa shape index (κ3) is 10.6. The van der Waals surface area contributed by atoms with Gasteiger partial charge in [0.1, 0.15) is 18.4 Å². The smallest absolute Gasteiger partial charge is 0.325 e. The van der Waals surface area contributed by atoms with Crippen molar-refractivity contribution >= 4 is 11.9 Å². The summed E-state index contributed by atoms with van der Waals surface area (Å²) in [6.45, 7) is 13.0. The van der Waals surface area contributed by atoms with Crippen LogP contribution >= 0.6 is 0 Å². The molecule has 4 N–H and O–H groups in total. The summed E-state index contributed by atoms with van der Waals surface area (Å²) in [5, 5.41) is 13.9. The molecule has 1 amide bonds. The summed E-state index contributed by atoms with van der Waals surface area (Å²) in [4.78, 5) is 26.9. The maximum atomic E-state index is 12.6. The highest BCUT2D eigenvalue weighted by atomic mass is 16.6. The van der Waals surface area contributed by atoms with E-state index in [1.54, 1.807) is 0 Å². The second-order valence-electron chi connectivity index (χ2n) is 12.9. The van der Waals surface area contributed by atoms with Crippen LogP contribution in [0.4, 0.5) is 0 Å². The standard InChI is InChI=1S/C29H53N5O5/c1-29(2,3)39-26(35)20-30-27(36)22-6-4-21(5-7-22)23-18-31-28(32-19-23)33-24-8-10-25(11-9-24)38-17-14-34-12-15-37-16-13-34/h21-25,28,31-33H,4-20H2,1-3H3,(H,30,36). The Morgan fingerprint density at radius 3 is 2.23 bits per heavy atom. The average molecular weight is 552 g/mol. The zero-order valence-corrected chi connectivity index (χ0v) is 24.5. The minimum absolute atomic E-state index is 0.00101. The van der Waals surface area contributed by atoms with Crippen molar-refractivity contribution in [1.82, 2.24) is 26.2 Å². The van der Waals surface area contributed by atoms with Gasteiger partial charge in [0, 0.05) is 44.7 Å². The minimum atomic E-state index is -0.534. The van der Waals surface area contributed by atoms with Crippen LogP contribution in [-0.4, -0.2) is 99.9 Å². The molecule has 10 heteroatoms. The first-order chi connectivity index (χ1) is 18.7. The zero-order chi connectivity index (χ0) is 27.7. The quantitative estimate of drug-likeness (QED) is 0.301. The molecule has 4 rings (SSSR count). The van der Waals surface area contributed by atoms with Crippen LogP contribution in [0.25, 0.3) is 0 Å². The number of rotatable bonds is 10.